The van der Waals surface area contributed by atoms with Crippen molar-refractivity contribution in [3.63, 3.8) is 0 Å². The number of aromatic nitrogens is 2. The fraction of sp³-hybridized carbons (Fsp3) is 0.190. The number of terminal acetylenes is 2. The first-order valence-electron chi connectivity index (χ1n) is 16.1. The summed E-state index contributed by atoms with van der Waals surface area (Å²) in [7, 11) is 0. The van der Waals surface area contributed by atoms with E-state index in [1.807, 2.05) is 84.9 Å². The number of rotatable bonds is 18. The Morgan fingerprint density at radius 1 is 0.560 bits per heavy atom. The maximum atomic E-state index is 6.14. The number of nitrogens with zero attached hydrogens (tertiary/aromatic N) is 4. The van der Waals surface area contributed by atoms with Crippen LogP contribution in [0.1, 0.15) is 45.7 Å². The van der Waals surface area contributed by atoms with Gasteiger partial charge in [-0.25, -0.2) is 0 Å². The molecule has 3 aromatic carbocycles. The molecule has 0 aliphatic carbocycles. The molecular weight excluding hydrogens is 624 g/mol. The monoisotopic (exact) mass is 662 g/mol. The van der Waals surface area contributed by atoms with Gasteiger partial charge in [0.2, 0.25) is 0 Å². The largest absolute Gasteiger partial charge is 0.479 e. The van der Waals surface area contributed by atoms with Crippen LogP contribution in [-0.4, -0.2) is 48.8 Å². The fourth-order valence-electron chi connectivity index (χ4n) is 4.80. The lowest BCUT2D eigenvalue weighted by Crippen LogP contribution is -2.08. The van der Waals surface area contributed by atoms with E-state index in [0.29, 0.717) is 49.3 Å². The molecule has 0 spiro atoms. The number of aliphatic imine (C=N–C) groups is 2. The molecule has 0 radical (unpaired) electrons. The quantitative estimate of drug-likeness (QED) is 0.0726. The van der Waals surface area contributed by atoms with Gasteiger partial charge in [-0.05, 0) is 46.5 Å². The predicted octanol–water partition coefficient (Wildman–Crippen LogP) is 7.25. The van der Waals surface area contributed by atoms with Gasteiger partial charge in [-0.1, -0.05) is 96.8 Å². The van der Waals surface area contributed by atoms with Crippen LogP contribution in [-0.2, 0) is 22.7 Å². The van der Waals surface area contributed by atoms with E-state index in [1.54, 1.807) is 24.8 Å². The molecule has 0 bridgehead atoms. The second-order valence-corrected chi connectivity index (χ2v) is 11.1. The summed E-state index contributed by atoms with van der Waals surface area (Å²) in [4.78, 5) is 18.4. The molecule has 0 N–H and O–H groups in total. The first-order valence-corrected chi connectivity index (χ1v) is 16.1. The average Bonchev–Trinajstić information content (AvgIpc) is 3.18. The smallest absolute Gasteiger partial charge is 0.148 e. The summed E-state index contributed by atoms with van der Waals surface area (Å²) >= 11 is 0. The lowest BCUT2D eigenvalue weighted by molar-refractivity contribution is 0.107. The first-order chi connectivity index (χ1) is 24.7. The maximum absolute atomic E-state index is 6.14. The minimum Gasteiger partial charge on any atom is -0.479 e. The Bertz CT molecular complexity index is 1720. The molecule has 250 valence electrons. The Labute approximate surface area is 293 Å². The summed E-state index contributed by atoms with van der Waals surface area (Å²) in [5, 5.41) is 0. The normalized spacial score (nSPS) is 12.3. The highest BCUT2D eigenvalue weighted by Crippen LogP contribution is 2.21. The minimum absolute atomic E-state index is 0.189. The molecule has 0 unspecified atom stereocenters. The van der Waals surface area contributed by atoms with Crippen LogP contribution in [0, 0.1) is 24.7 Å². The molecule has 2 heterocycles. The topological polar surface area (TPSA) is 87.4 Å². The van der Waals surface area contributed by atoms with Crippen molar-refractivity contribution in [2.45, 2.75) is 25.3 Å². The van der Waals surface area contributed by atoms with Crippen LogP contribution in [0.15, 0.2) is 132 Å². The zero-order chi connectivity index (χ0) is 34.6. The lowest BCUT2D eigenvalue weighted by atomic mass is 10.1. The van der Waals surface area contributed by atoms with E-state index in [1.165, 1.54) is 0 Å². The summed E-state index contributed by atoms with van der Waals surface area (Å²) in [5.41, 5.74) is 5.67. The van der Waals surface area contributed by atoms with Gasteiger partial charge in [0.1, 0.15) is 24.7 Å². The SMILES string of the molecule is C#CCOc1ccc(C=N[C@@H](COCc2ccc(COC[C@H](N=Cc3ccc(OCC#C)cn3)c3ccccc3)cc2)c2ccccc2)nc1. The van der Waals surface area contributed by atoms with E-state index in [-0.39, 0.29) is 25.3 Å². The third kappa shape index (κ3) is 11.6. The second-order valence-electron chi connectivity index (χ2n) is 11.1. The van der Waals surface area contributed by atoms with Crippen molar-refractivity contribution in [3.05, 3.63) is 155 Å². The van der Waals surface area contributed by atoms with Crippen LogP contribution >= 0.6 is 0 Å². The standard InChI is InChI=1S/C42H38N4O4/c1-3-23-49-39-21-19-37(43-27-39)25-45-41(35-11-7-5-8-12-35)31-47-29-33-15-17-34(18-16-33)30-48-32-42(36-13-9-6-10-14-36)46-26-38-20-22-40(28-44-38)50-24-4-2/h1-2,5-22,25-28,41-42H,23-24,29-32H2/t41-,42-/m0/s1. The summed E-state index contributed by atoms with van der Waals surface area (Å²) < 4.78 is 23.1. The summed E-state index contributed by atoms with van der Waals surface area (Å²) in [6, 6.07) is 35.3. The molecule has 0 amide bonds. The molecule has 0 saturated carbocycles. The van der Waals surface area contributed by atoms with E-state index >= 15 is 0 Å². The molecule has 5 aromatic rings. The molecule has 0 aliphatic rings. The predicted molar refractivity (Wildman–Crippen MR) is 196 cm³/mol. The van der Waals surface area contributed by atoms with Gasteiger partial charge in [0.05, 0.1) is 62.3 Å². The Balaban J connectivity index is 1.12. The van der Waals surface area contributed by atoms with Gasteiger partial charge in [0.15, 0.2) is 0 Å². The second kappa shape index (κ2) is 19.7. The highest BCUT2D eigenvalue weighted by atomic mass is 16.5. The molecule has 2 aromatic heterocycles. The van der Waals surface area contributed by atoms with Gasteiger partial charge >= 0.3 is 0 Å². The number of hydrogen-bond donors (Lipinski definition) is 0. The molecule has 8 nitrogen and oxygen atoms in total. The Hall–Kier alpha value is -6.06. The van der Waals surface area contributed by atoms with Crippen molar-refractivity contribution in [1.82, 2.24) is 9.97 Å². The van der Waals surface area contributed by atoms with E-state index in [4.69, 9.17) is 41.8 Å². The number of benzene rings is 3. The molecule has 0 aliphatic heterocycles. The summed E-state index contributed by atoms with van der Waals surface area (Å²) in [6.45, 7) is 2.13. The van der Waals surface area contributed by atoms with E-state index in [0.717, 1.165) is 22.3 Å². The van der Waals surface area contributed by atoms with Crippen LogP contribution in [0.3, 0.4) is 0 Å². The zero-order valence-electron chi connectivity index (χ0n) is 27.7. The molecule has 5 rings (SSSR count). The van der Waals surface area contributed by atoms with Crippen molar-refractivity contribution >= 4 is 12.4 Å². The molecular formula is C42H38N4O4. The van der Waals surface area contributed by atoms with E-state index in [2.05, 4.69) is 46.1 Å². The number of pyridine rings is 2. The van der Waals surface area contributed by atoms with Crippen molar-refractivity contribution in [2.24, 2.45) is 9.98 Å². The molecule has 2 atom stereocenters. The molecule has 0 saturated heterocycles. The van der Waals surface area contributed by atoms with Crippen LogP contribution in [0.4, 0.5) is 0 Å². The molecule has 8 heteroatoms. The van der Waals surface area contributed by atoms with E-state index in [9.17, 15) is 0 Å². The summed E-state index contributed by atoms with van der Waals surface area (Å²) in [6.07, 6.45) is 17.3. The highest BCUT2D eigenvalue weighted by molar-refractivity contribution is 5.77. The number of hydrogen-bond acceptors (Lipinski definition) is 8. The van der Waals surface area contributed by atoms with Gasteiger partial charge in [0.25, 0.3) is 0 Å². The summed E-state index contributed by atoms with van der Waals surface area (Å²) in [5.74, 6) is 6.12. The zero-order valence-corrected chi connectivity index (χ0v) is 27.7. The lowest BCUT2D eigenvalue weighted by Gasteiger charge is -2.15. The van der Waals surface area contributed by atoms with Crippen molar-refractivity contribution in [1.29, 1.82) is 0 Å². The fourth-order valence-corrected chi connectivity index (χ4v) is 4.80. The van der Waals surface area contributed by atoms with Gasteiger partial charge < -0.3 is 18.9 Å². The van der Waals surface area contributed by atoms with Gasteiger partial charge in [0, 0.05) is 12.4 Å². The van der Waals surface area contributed by atoms with Crippen LogP contribution in [0.25, 0.3) is 0 Å². The third-order valence-corrected chi connectivity index (χ3v) is 7.42. The molecule has 50 heavy (non-hydrogen) atoms. The first kappa shape index (κ1) is 35.3. The van der Waals surface area contributed by atoms with Crippen LogP contribution < -0.4 is 9.47 Å². The Morgan fingerprint density at radius 2 is 0.980 bits per heavy atom. The van der Waals surface area contributed by atoms with Crippen molar-refractivity contribution < 1.29 is 18.9 Å². The minimum atomic E-state index is -0.189. The van der Waals surface area contributed by atoms with Crippen molar-refractivity contribution in [2.75, 3.05) is 26.4 Å². The third-order valence-electron chi connectivity index (χ3n) is 7.42. The maximum Gasteiger partial charge on any atom is 0.148 e. The van der Waals surface area contributed by atoms with Crippen LogP contribution in [0.2, 0.25) is 0 Å². The van der Waals surface area contributed by atoms with Gasteiger partial charge in [-0.2, -0.15) is 0 Å². The Morgan fingerprint density at radius 3 is 1.34 bits per heavy atom. The van der Waals surface area contributed by atoms with Gasteiger partial charge in [-0.3, -0.25) is 20.0 Å². The highest BCUT2D eigenvalue weighted by Gasteiger charge is 2.12. The van der Waals surface area contributed by atoms with Gasteiger partial charge in [-0.15, -0.1) is 12.8 Å². The number of ether oxygens (including phenoxy) is 4. The van der Waals surface area contributed by atoms with Crippen molar-refractivity contribution in [3.8, 4) is 36.2 Å². The molecule has 0 fully saturated rings. The Kier molecular flexibility index (Phi) is 13.9. The average molecular weight is 663 g/mol. The van der Waals surface area contributed by atoms with E-state index < -0.39 is 0 Å². The van der Waals surface area contributed by atoms with Crippen LogP contribution in [0.5, 0.6) is 11.5 Å².